The summed E-state index contributed by atoms with van der Waals surface area (Å²) >= 11 is 2.04. The van der Waals surface area contributed by atoms with Crippen LogP contribution in [0.1, 0.15) is 20.3 Å². The first kappa shape index (κ1) is 12.4. The van der Waals surface area contributed by atoms with Crippen molar-refractivity contribution in [3.8, 4) is 0 Å². The monoisotopic (exact) mass is 223 g/mol. The average molecular weight is 223 g/mol. The lowest BCUT2D eigenvalue weighted by molar-refractivity contribution is 0.632. The molecule has 15 heavy (non-hydrogen) atoms. The minimum absolute atomic E-state index is 0.833. The van der Waals surface area contributed by atoms with Crippen LogP contribution in [0.2, 0.25) is 0 Å². The van der Waals surface area contributed by atoms with Gasteiger partial charge in [-0.25, -0.2) is 0 Å². The van der Waals surface area contributed by atoms with Crippen molar-refractivity contribution >= 4 is 17.4 Å². The number of nitrogens with one attached hydrogen (secondary N) is 1. The maximum Gasteiger partial charge on any atom is 0.0340 e. The summed E-state index contributed by atoms with van der Waals surface area (Å²) in [4.78, 5) is 0. The van der Waals surface area contributed by atoms with E-state index in [-0.39, 0.29) is 0 Å². The van der Waals surface area contributed by atoms with Gasteiger partial charge in [0.2, 0.25) is 0 Å². The van der Waals surface area contributed by atoms with Crippen molar-refractivity contribution in [2.45, 2.75) is 20.3 Å². The molecule has 84 valence electrons. The Kier molecular flexibility index (Phi) is 6.33. The lowest BCUT2D eigenvalue weighted by Gasteiger charge is -2.06. The van der Waals surface area contributed by atoms with E-state index in [1.54, 1.807) is 0 Å². The van der Waals surface area contributed by atoms with E-state index in [1.165, 1.54) is 23.6 Å². The van der Waals surface area contributed by atoms with Crippen molar-refractivity contribution in [3.63, 3.8) is 0 Å². The molecule has 0 aromatic heterocycles. The van der Waals surface area contributed by atoms with Gasteiger partial charge in [-0.2, -0.15) is 11.8 Å². The first-order chi connectivity index (χ1) is 7.29. The largest absolute Gasteiger partial charge is 0.384 e. The van der Waals surface area contributed by atoms with Crippen molar-refractivity contribution in [1.82, 2.24) is 0 Å². The maximum absolute atomic E-state index is 3.41. The number of hydrogen-bond donors (Lipinski definition) is 1. The molecule has 1 aromatic rings. The number of para-hydroxylation sites is 1. The predicted octanol–water partition coefficient (Wildman–Crippen LogP) is 3.88. The Hall–Kier alpha value is -0.630. The highest BCUT2D eigenvalue weighted by atomic mass is 32.2. The molecule has 1 N–H and O–H groups in total. The molecule has 0 atom stereocenters. The van der Waals surface area contributed by atoms with Crippen LogP contribution in [0.4, 0.5) is 5.69 Å². The van der Waals surface area contributed by atoms with Gasteiger partial charge in [-0.3, -0.25) is 0 Å². The second kappa shape index (κ2) is 7.63. The van der Waals surface area contributed by atoms with E-state index in [2.05, 4.69) is 43.4 Å². The fourth-order valence-electron chi connectivity index (χ4n) is 1.24. The zero-order valence-electron chi connectivity index (χ0n) is 9.70. The van der Waals surface area contributed by atoms with Crippen LogP contribution in [0.25, 0.3) is 0 Å². The van der Waals surface area contributed by atoms with E-state index in [9.17, 15) is 0 Å². The zero-order valence-corrected chi connectivity index (χ0v) is 10.5. The molecule has 1 rings (SSSR count). The maximum atomic E-state index is 3.41. The summed E-state index contributed by atoms with van der Waals surface area (Å²) < 4.78 is 0. The molecule has 0 heterocycles. The van der Waals surface area contributed by atoms with E-state index in [4.69, 9.17) is 0 Å². The normalized spacial score (nSPS) is 10.6. The van der Waals surface area contributed by atoms with Crippen molar-refractivity contribution in [3.05, 3.63) is 30.3 Å². The number of rotatable bonds is 7. The van der Waals surface area contributed by atoms with Crippen LogP contribution in [0.3, 0.4) is 0 Å². The molecule has 0 aliphatic heterocycles. The highest BCUT2D eigenvalue weighted by Gasteiger charge is 1.94. The van der Waals surface area contributed by atoms with Crippen LogP contribution in [0, 0.1) is 5.92 Å². The predicted molar refractivity (Wildman–Crippen MR) is 71.7 cm³/mol. The van der Waals surface area contributed by atoms with Gasteiger partial charge in [0.05, 0.1) is 0 Å². The van der Waals surface area contributed by atoms with Crippen LogP contribution in [-0.2, 0) is 0 Å². The van der Waals surface area contributed by atoms with Crippen LogP contribution in [0.5, 0.6) is 0 Å². The van der Waals surface area contributed by atoms with Crippen LogP contribution < -0.4 is 5.32 Å². The van der Waals surface area contributed by atoms with Crippen LogP contribution >= 0.6 is 11.8 Å². The minimum Gasteiger partial charge on any atom is -0.384 e. The average Bonchev–Trinajstić information content (AvgIpc) is 2.24. The standard InChI is InChI=1S/C13H21NS/c1-12(2)8-10-15-11-9-14-13-6-4-3-5-7-13/h3-7,12,14H,8-11H2,1-2H3. The Labute approximate surface area is 97.7 Å². The lowest BCUT2D eigenvalue weighted by Crippen LogP contribution is -2.04. The summed E-state index contributed by atoms with van der Waals surface area (Å²) in [6.45, 7) is 5.62. The minimum atomic E-state index is 0.833. The first-order valence-corrected chi connectivity index (χ1v) is 6.81. The highest BCUT2D eigenvalue weighted by Crippen LogP contribution is 2.09. The van der Waals surface area contributed by atoms with Crippen molar-refractivity contribution in [1.29, 1.82) is 0 Å². The molecular formula is C13H21NS. The van der Waals surface area contributed by atoms with Crippen LogP contribution in [0.15, 0.2) is 30.3 Å². The molecule has 0 fully saturated rings. The number of benzene rings is 1. The molecule has 0 aliphatic carbocycles. The van der Waals surface area contributed by atoms with Gasteiger partial charge in [-0.05, 0) is 30.2 Å². The molecule has 1 nitrogen and oxygen atoms in total. The van der Waals surface area contributed by atoms with Gasteiger partial charge < -0.3 is 5.32 Å². The Balaban J connectivity index is 1.98. The Morgan fingerprint density at radius 3 is 2.53 bits per heavy atom. The molecule has 0 radical (unpaired) electrons. The van der Waals surface area contributed by atoms with Crippen molar-refractivity contribution in [2.24, 2.45) is 5.92 Å². The summed E-state index contributed by atoms with van der Waals surface area (Å²) in [6, 6.07) is 10.4. The Morgan fingerprint density at radius 1 is 1.13 bits per heavy atom. The van der Waals surface area contributed by atoms with Crippen molar-refractivity contribution < 1.29 is 0 Å². The van der Waals surface area contributed by atoms with Gasteiger partial charge in [-0.15, -0.1) is 0 Å². The highest BCUT2D eigenvalue weighted by molar-refractivity contribution is 7.99. The molecule has 2 heteroatoms. The molecule has 0 amide bonds. The summed E-state index contributed by atoms with van der Waals surface area (Å²) in [7, 11) is 0. The Morgan fingerprint density at radius 2 is 1.87 bits per heavy atom. The first-order valence-electron chi connectivity index (χ1n) is 5.65. The van der Waals surface area contributed by atoms with Gasteiger partial charge in [0.1, 0.15) is 0 Å². The van der Waals surface area contributed by atoms with E-state index in [1.807, 2.05) is 17.8 Å². The third-order valence-corrected chi connectivity index (χ3v) is 3.21. The topological polar surface area (TPSA) is 12.0 Å². The van der Waals surface area contributed by atoms with E-state index >= 15 is 0 Å². The van der Waals surface area contributed by atoms with E-state index < -0.39 is 0 Å². The van der Waals surface area contributed by atoms with Gasteiger partial charge >= 0.3 is 0 Å². The summed E-state index contributed by atoms with van der Waals surface area (Å²) in [5.41, 5.74) is 1.22. The number of hydrogen-bond acceptors (Lipinski definition) is 2. The smallest absolute Gasteiger partial charge is 0.0340 e. The second-order valence-corrected chi connectivity index (χ2v) is 5.31. The number of anilines is 1. The quantitative estimate of drug-likeness (QED) is 0.704. The molecule has 0 saturated carbocycles. The molecule has 0 spiro atoms. The van der Waals surface area contributed by atoms with E-state index in [0.29, 0.717) is 0 Å². The van der Waals surface area contributed by atoms with Gasteiger partial charge in [0.15, 0.2) is 0 Å². The third-order valence-electron chi connectivity index (χ3n) is 2.19. The molecular weight excluding hydrogens is 202 g/mol. The third kappa shape index (κ3) is 6.45. The van der Waals surface area contributed by atoms with Gasteiger partial charge in [0.25, 0.3) is 0 Å². The Bertz CT molecular complexity index is 246. The molecule has 0 saturated heterocycles. The summed E-state index contributed by atoms with van der Waals surface area (Å²) in [5.74, 6) is 3.31. The van der Waals surface area contributed by atoms with E-state index in [0.717, 1.165) is 12.5 Å². The van der Waals surface area contributed by atoms with Crippen LogP contribution in [-0.4, -0.2) is 18.1 Å². The van der Waals surface area contributed by atoms with Gasteiger partial charge in [-0.1, -0.05) is 32.0 Å². The fraction of sp³-hybridized carbons (Fsp3) is 0.538. The lowest BCUT2D eigenvalue weighted by atomic mass is 10.2. The molecule has 0 unspecified atom stereocenters. The van der Waals surface area contributed by atoms with Crippen molar-refractivity contribution in [2.75, 3.05) is 23.4 Å². The molecule has 0 aliphatic rings. The second-order valence-electron chi connectivity index (χ2n) is 4.09. The SMILES string of the molecule is CC(C)CCSCCNc1ccccc1. The fourth-order valence-corrected chi connectivity index (χ4v) is 2.33. The molecule has 0 bridgehead atoms. The number of thioether (sulfide) groups is 1. The van der Waals surface area contributed by atoms with Gasteiger partial charge in [0, 0.05) is 18.0 Å². The summed E-state index contributed by atoms with van der Waals surface area (Å²) in [6.07, 6.45) is 1.33. The zero-order chi connectivity index (χ0) is 10.9. The summed E-state index contributed by atoms with van der Waals surface area (Å²) in [5, 5.41) is 3.41. The molecule has 1 aromatic carbocycles.